The molecule has 2 aliphatic heterocycles. The molecule has 1 amide bonds. The summed E-state index contributed by atoms with van der Waals surface area (Å²) in [6.07, 6.45) is 0. The number of nitrogens with zero attached hydrogens (tertiary/aromatic N) is 1. The molecule has 1 spiro atoms. The molecule has 2 aliphatic rings. The van der Waals surface area contributed by atoms with Gasteiger partial charge in [0, 0.05) is 17.1 Å². The molecule has 1 fully saturated rings. The number of epoxide rings is 1. The molecule has 1 aromatic carbocycles. The third-order valence-electron chi connectivity index (χ3n) is 2.84. The lowest BCUT2D eigenvalue weighted by Gasteiger charge is -2.08. The Balaban J connectivity index is 2.27. The van der Waals surface area contributed by atoms with E-state index in [0.29, 0.717) is 6.61 Å². The Bertz CT molecular complexity index is 440. The maximum absolute atomic E-state index is 11.8. The molecule has 0 bridgehead atoms. The van der Waals surface area contributed by atoms with E-state index in [9.17, 15) is 4.79 Å². The van der Waals surface area contributed by atoms with E-state index in [2.05, 4.69) is 15.9 Å². The van der Waals surface area contributed by atoms with Crippen LogP contribution in [0, 0.1) is 0 Å². The van der Waals surface area contributed by atoms with E-state index in [0.717, 1.165) is 15.7 Å². The van der Waals surface area contributed by atoms with Gasteiger partial charge in [-0.25, -0.2) is 0 Å². The van der Waals surface area contributed by atoms with Gasteiger partial charge < -0.3 is 9.64 Å². The van der Waals surface area contributed by atoms with Crippen LogP contribution < -0.4 is 4.90 Å². The molecule has 1 atom stereocenters. The number of ether oxygens (including phenoxy) is 1. The van der Waals surface area contributed by atoms with Gasteiger partial charge in [0.05, 0.1) is 12.3 Å². The standard InChI is InChI=1S/C10H8BrNO2/c1-12-8-3-2-6(11)4-7(8)10(5-14-10)9(12)13/h2-4H,5H2,1H3/t10-/m1/s1. The summed E-state index contributed by atoms with van der Waals surface area (Å²) in [5, 5.41) is 0. The average Bonchev–Trinajstić information content (AvgIpc) is 2.93. The van der Waals surface area contributed by atoms with Crippen LogP contribution in [0.1, 0.15) is 5.56 Å². The Kier molecular flexibility index (Phi) is 1.43. The molecule has 72 valence electrons. The summed E-state index contributed by atoms with van der Waals surface area (Å²) < 4.78 is 6.29. The second-order valence-electron chi connectivity index (χ2n) is 3.64. The molecule has 0 radical (unpaired) electrons. The normalized spacial score (nSPS) is 28.4. The van der Waals surface area contributed by atoms with Crippen molar-refractivity contribution in [3.05, 3.63) is 28.2 Å². The van der Waals surface area contributed by atoms with Crippen molar-refractivity contribution in [2.75, 3.05) is 18.6 Å². The number of benzene rings is 1. The van der Waals surface area contributed by atoms with Gasteiger partial charge in [-0.15, -0.1) is 0 Å². The van der Waals surface area contributed by atoms with Gasteiger partial charge in [-0.3, -0.25) is 4.79 Å². The molecule has 14 heavy (non-hydrogen) atoms. The van der Waals surface area contributed by atoms with Crippen LogP contribution in [-0.2, 0) is 15.1 Å². The Morgan fingerprint density at radius 2 is 2.29 bits per heavy atom. The van der Waals surface area contributed by atoms with E-state index < -0.39 is 5.60 Å². The molecular formula is C10H8BrNO2. The van der Waals surface area contributed by atoms with E-state index in [1.54, 1.807) is 11.9 Å². The van der Waals surface area contributed by atoms with E-state index in [-0.39, 0.29) is 5.91 Å². The number of carbonyl (C=O) groups excluding carboxylic acids is 1. The minimum absolute atomic E-state index is 0.0469. The summed E-state index contributed by atoms with van der Waals surface area (Å²) >= 11 is 3.40. The number of hydrogen-bond acceptors (Lipinski definition) is 2. The van der Waals surface area contributed by atoms with Gasteiger partial charge in [-0.05, 0) is 18.2 Å². The molecule has 3 nitrogen and oxygen atoms in total. The van der Waals surface area contributed by atoms with E-state index in [1.807, 2.05) is 18.2 Å². The fourth-order valence-electron chi connectivity index (χ4n) is 1.97. The number of amides is 1. The number of hydrogen-bond donors (Lipinski definition) is 0. The molecule has 3 rings (SSSR count). The van der Waals surface area contributed by atoms with Crippen LogP contribution >= 0.6 is 15.9 Å². The monoisotopic (exact) mass is 253 g/mol. The molecule has 1 saturated heterocycles. The fraction of sp³-hybridized carbons (Fsp3) is 0.300. The topological polar surface area (TPSA) is 32.8 Å². The Morgan fingerprint density at radius 3 is 2.93 bits per heavy atom. The van der Waals surface area contributed by atoms with Crippen molar-refractivity contribution in [1.29, 1.82) is 0 Å². The third-order valence-corrected chi connectivity index (χ3v) is 3.33. The number of likely N-dealkylation sites (N-methyl/N-ethyl adjacent to an activating group) is 1. The molecule has 0 saturated carbocycles. The van der Waals surface area contributed by atoms with E-state index in [1.165, 1.54) is 0 Å². The summed E-state index contributed by atoms with van der Waals surface area (Å²) in [7, 11) is 1.78. The van der Waals surface area contributed by atoms with Crippen molar-refractivity contribution in [3.63, 3.8) is 0 Å². The highest BCUT2D eigenvalue weighted by atomic mass is 79.9. The van der Waals surface area contributed by atoms with Crippen LogP contribution in [0.15, 0.2) is 22.7 Å². The first kappa shape index (κ1) is 8.44. The van der Waals surface area contributed by atoms with Crippen molar-refractivity contribution >= 4 is 27.5 Å². The van der Waals surface area contributed by atoms with Gasteiger partial charge >= 0.3 is 0 Å². The van der Waals surface area contributed by atoms with Crippen LogP contribution in [0.4, 0.5) is 5.69 Å². The van der Waals surface area contributed by atoms with Gasteiger partial charge in [-0.2, -0.15) is 0 Å². The highest BCUT2D eigenvalue weighted by Gasteiger charge is 2.60. The summed E-state index contributed by atoms with van der Waals surface area (Å²) in [6, 6.07) is 5.83. The lowest BCUT2D eigenvalue weighted by molar-refractivity contribution is -0.122. The smallest absolute Gasteiger partial charge is 0.266 e. The molecule has 0 aliphatic carbocycles. The average molecular weight is 254 g/mol. The van der Waals surface area contributed by atoms with Crippen LogP contribution in [0.5, 0.6) is 0 Å². The SMILES string of the molecule is CN1C(=O)[C@@]2(CO2)c2cc(Br)ccc21. The molecule has 0 N–H and O–H groups in total. The predicted molar refractivity (Wildman–Crippen MR) is 55.2 cm³/mol. The van der Waals surface area contributed by atoms with E-state index in [4.69, 9.17) is 4.74 Å². The summed E-state index contributed by atoms with van der Waals surface area (Å²) in [6.45, 7) is 0.514. The maximum atomic E-state index is 11.8. The van der Waals surface area contributed by atoms with Gasteiger partial charge in [0.25, 0.3) is 5.91 Å². The van der Waals surface area contributed by atoms with E-state index >= 15 is 0 Å². The zero-order chi connectivity index (χ0) is 9.92. The highest BCUT2D eigenvalue weighted by molar-refractivity contribution is 9.10. The predicted octanol–water partition coefficient (Wildman–Crippen LogP) is 1.65. The summed E-state index contributed by atoms with van der Waals surface area (Å²) in [5.41, 5.74) is 1.29. The molecule has 0 unspecified atom stereocenters. The second kappa shape index (κ2) is 2.38. The second-order valence-corrected chi connectivity index (χ2v) is 4.56. The molecule has 1 aromatic rings. The Hall–Kier alpha value is -0.870. The van der Waals surface area contributed by atoms with Crippen molar-refractivity contribution in [1.82, 2.24) is 0 Å². The van der Waals surface area contributed by atoms with Gasteiger partial charge in [0.2, 0.25) is 0 Å². The van der Waals surface area contributed by atoms with Crippen LogP contribution in [-0.4, -0.2) is 19.6 Å². The van der Waals surface area contributed by atoms with Crippen molar-refractivity contribution < 1.29 is 9.53 Å². The zero-order valence-corrected chi connectivity index (χ0v) is 9.17. The fourth-order valence-corrected chi connectivity index (χ4v) is 2.33. The Labute approximate surface area is 89.8 Å². The number of fused-ring (bicyclic) bond motifs is 2. The lowest BCUT2D eigenvalue weighted by atomic mass is 10.0. The van der Waals surface area contributed by atoms with Crippen molar-refractivity contribution in [3.8, 4) is 0 Å². The largest absolute Gasteiger partial charge is 0.354 e. The molecule has 0 aromatic heterocycles. The first-order valence-corrected chi connectivity index (χ1v) is 5.16. The first-order chi connectivity index (χ1) is 6.65. The van der Waals surface area contributed by atoms with Gasteiger partial charge in [-0.1, -0.05) is 15.9 Å². The maximum Gasteiger partial charge on any atom is 0.266 e. The van der Waals surface area contributed by atoms with Crippen molar-refractivity contribution in [2.45, 2.75) is 5.60 Å². The van der Waals surface area contributed by atoms with Gasteiger partial charge in [0.1, 0.15) is 0 Å². The minimum atomic E-state index is -0.645. The lowest BCUT2D eigenvalue weighted by Crippen LogP contribution is -2.28. The highest BCUT2D eigenvalue weighted by Crippen LogP contribution is 2.50. The summed E-state index contributed by atoms with van der Waals surface area (Å²) in [4.78, 5) is 13.5. The van der Waals surface area contributed by atoms with Crippen molar-refractivity contribution in [2.24, 2.45) is 0 Å². The molecule has 4 heteroatoms. The third kappa shape index (κ3) is 0.828. The zero-order valence-electron chi connectivity index (χ0n) is 7.58. The number of anilines is 1. The first-order valence-electron chi connectivity index (χ1n) is 4.37. The van der Waals surface area contributed by atoms with Crippen LogP contribution in [0.25, 0.3) is 0 Å². The quantitative estimate of drug-likeness (QED) is 0.659. The number of carbonyl (C=O) groups is 1. The molecule has 2 heterocycles. The number of rotatable bonds is 0. The van der Waals surface area contributed by atoms with Gasteiger partial charge in [0.15, 0.2) is 5.60 Å². The minimum Gasteiger partial charge on any atom is -0.354 e. The number of halogens is 1. The van der Waals surface area contributed by atoms with Crippen LogP contribution in [0.3, 0.4) is 0 Å². The Morgan fingerprint density at radius 1 is 1.57 bits per heavy atom. The van der Waals surface area contributed by atoms with Crippen LogP contribution in [0.2, 0.25) is 0 Å². The summed E-state index contributed by atoms with van der Waals surface area (Å²) in [5.74, 6) is 0.0469. The molecular weight excluding hydrogens is 246 g/mol.